The maximum absolute atomic E-state index is 12.8. The maximum Gasteiger partial charge on any atom is 0.141 e. The zero-order chi connectivity index (χ0) is 15.2. The molecule has 0 aliphatic heterocycles. The third-order valence-electron chi connectivity index (χ3n) is 3.27. The third kappa shape index (κ3) is 4.88. The summed E-state index contributed by atoms with van der Waals surface area (Å²) < 4.78 is 13.9. The van der Waals surface area contributed by atoms with Crippen molar-refractivity contribution >= 4 is 15.9 Å². The highest BCUT2D eigenvalue weighted by Gasteiger charge is 2.11. The zero-order valence-corrected chi connectivity index (χ0v) is 13.4. The van der Waals surface area contributed by atoms with E-state index in [-0.39, 0.29) is 0 Å². The molecule has 1 unspecified atom stereocenters. The Labute approximate surface area is 132 Å². The summed E-state index contributed by atoms with van der Waals surface area (Å²) in [5.41, 5.74) is 1.71. The van der Waals surface area contributed by atoms with Crippen molar-refractivity contribution in [3.63, 3.8) is 0 Å². The van der Waals surface area contributed by atoms with Crippen LogP contribution < -0.4 is 0 Å². The van der Waals surface area contributed by atoms with Crippen LogP contribution in [0, 0.1) is 5.82 Å². The van der Waals surface area contributed by atoms with E-state index in [1.54, 1.807) is 0 Å². The number of rotatable bonds is 6. The summed E-state index contributed by atoms with van der Waals surface area (Å²) in [6.45, 7) is 1.52. The monoisotopic (exact) mass is 352 g/mol. The van der Waals surface area contributed by atoms with Crippen molar-refractivity contribution in [3.8, 4) is 0 Å². The Balaban J connectivity index is 1.85. The Morgan fingerprint density at radius 2 is 2.05 bits per heavy atom. The van der Waals surface area contributed by atoms with E-state index in [1.807, 2.05) is 25.2 Å². The summed E-state index contributed by atoms with van der Waals surface area (Å²) in [5.74, 6) is -0.392. The average Bonchev–Trinajstić information content (AvgIpc) is 2.48. The van der Waals surface area contributed by atoms with Gasteiger partial charge in [-0.2, -0.15) is 0 Å². The van der Waals surface area contributed by atoms with Crippen molar-refractivity contribution in [3.05, 3.63) is 64.1 Å². The van der Waals surface area contributed by atoms with E-state index in [0.717, 1.165) is 23.8 Å². The summed E-state index contributed by atoms with van der Waals surface area (Å²) in [7, 11) is 2.00. The molecule has 2 aromatic rings. The van der Waals surface area contributed by atoms with Crippen molar-refractivity contribution in [2.75, 3.05) is 13.6 Å². The first-order chi connectivity index (χ1) is 10.1. The summed E-state index contributed by atoms with van der Waals surface area (Å²) in [4.78, 5) is 6.04. The van der Waals surface area contributed by atoms with E-state index in [1.165, 1.54) is 17.7 Å². The zero-order valence-electron chi connectivity index (χ0n) is 11.8. The fourth-order valence-corrected chi connectivity index (χ4v) is 2.48. The van der Waals surface area contributed by atoms with Gasteiger partial charge in [0.15, 0.2) is 0 Å². The molecule has 0 radical (unpaired) electrons. The lowest BCUT2D eigenvalue weighted by molar-refractivity contribution is 0.143. The largest absolute Gasteiger partial charge is 0.387 e. The second-order valence-corrected chi connectivity index (χ2v) is 5.89. The molecule has 0 saturated carbocycles. The van der Waals surface area contributed by atoms with Crippen LogP contribution in [0.15, 0.2) is 47.1 Å². The van der Waals surface area contributed by atoms with E-state index < -0.39 is 11.9 Å². The number of halogens is 2. The molecule has 2 rings (SSSR count). The van der Waals surface area contributed by atoms with Gasteiger partial charge in [0.05, 0.1) is 18.0 Å². The highest BCUT2D eigenvalue weighted by atomic mass is 79.9. The maximum atomic E-state index is 12.8. The van der Waals surface area contributed by atoms with Gasteiger partial charge in [0.2, 0.25) is 0 Å². The van der Waals surface area contributed by atoms with Crippen molar-refractivity contribution in [1.82, 2.24) is 9.88 Å². The molecule has 0 spiro atoms. The molecule has 0 bridgehead atoms. The van der Waals surface area contributed by atoms with Crippen molar-refractivity contribution < 1.29 is 9.50 Å². The van der Waals surface area contributed by atoms with E-state index in [9.17, 15) is 9.50 Å². The van der Waals surface area contributed by atoms with Crippen LogP contribution in [0.25, 0.3) is 0 Å². The Morgan fingerprint density at radius 3 is 2.71 bits per heavy atom. The minimum atomic E-state index is -0.674. The van der Waals surface area contributed by atoms with Crippen LogP contribution in [0.4, 0.5) is 4.39 Å². The van der Waals surface area contributed by atoms with Crippen LogP contribution >= 0.6 is 15.9 Å². The lowest BCUT2D eigenvalue weighted by Crippen LogP contribution is -2.21. The topological polar surface area (TPSA) is 36.4 Å². The van der Waals surface area contributed by atoms with Crippen molar-refractivity contribution in [2.45, 2.75) is 19.1 Å². The normalized spacial score (nSPS) is 12.6. The van der Waals surface area contributed by atoms with E-state index in [2.05, 4.69) is 31.9 Å². The molecule has 0 fully saturated rings. The molecular formula is C16H18BrFN2O. The van der Waals surface area contributed by atoms with E-state index >= 15 is 0 Å². The molecule has 3 nitrogen and oxygen atoms in total. The average molecular weight is 353 g/mol. The minimum Gasteiger partial charge on any atom is -0.387 e. The summed E-state index contributed by atoms with van der Waals surface area (Å²) in [6, 6.07) is 10.9. The van der Waals surface area contributed by atoms with Gasteiger partial charge in [-0.3, -0.25) is 4.98 Å². The Kier molecular flexibility index (Phi) is 5.85. The minimum absolute atomic E-state index is 0.392. The van der Waals surface area contributed by atoms with Gasteiger partial charge in [0.25, 0.3) is 0 Å². The second-order valence-electron chi connectivity index (χ2n) is 5.03. The summed E-state index contributed by atoms with van der Waals surface area (Å²) in [6.07, 6.45) is 1.01. The fraction of sp³-hybridized carbons (Fsp3) is 0.312. The van der Waals surface area contributed by atoms with Crippen LogP contribution in [0.1, 0.15) is 23.8 Å². The molecule has 1 atom stereocenters. The van der Waals surface area contributed by atoms with Gasteiger partial charge in [0, 0.05) is 17.6 Å². The molecule has 1 N–H and O–H groups in total. The quantitative estimate of drug-likeness (QED) is 0.863. The lowest BCUT2D eigenvalue weighted by Gasteiger charge is -2.19. The Hall–Kier alpha value is -1.30. The number of pyridine rings is 1. The second kappa shape index (κ2) is 7.64. The van der Waals surface area contributed by atoms with Gasteiger partial charge in [-0.05, 0) is 37.2 Å². The number of nitrogens with zero attached hydrogens (tertiary/aromatic N) is 2. The Bertz CT molecular complexity index is 577. The molecule has 0 aliphatic rings. The van der Waals surface area contributed by atoms with Gasteiger partial charge in [-0.25, -0.2) is 4.39 Å². The smallest absolute Gasteiger partial charge is 0.141 e. The molecule has 1 aromatic carbocycles. The van der Waals surface area contributed by atoms with E-state index in [4.69, 9.17) is 0 Å². The van der Waals surface area contributed by atoms with Crippen molar-refractivity contribution in [1.29, 1.82) is 0 Å². The van der Waals surface area contributed by atoms with Gasteiger partial charge in [0.1, 0.15) is 5.82 Å². The van der Waals surface area contributed by atoms with Crippen molar-refractivity contribution in [2.24, 2.45) is 0 Å². The number of benzene rings is 1. The highest BCUT2D eigenvalue weighted by Crippen LogP contribution is 2.19. The molecular weight excluding hydrogens is 335 g/mol. The number of aromatic nitrogens is 1. The van der Waals surface area contributed by atoms with Crippen LogP contribution in [0.2, 0.25) is 0 Å². The molecule has 21 heavy (non-hydrogen) atoms. The number of aliphatic hydroxyl groups excluding tert-OH is 1. The lowest BCUT2D eigenvalue weighted by atomic mass is 10.1. The number of aliphatic hydroxyl groups is 1. The van der Waals surface area contributed by atoms with Gasteiger partial charge >= 0.3 is 0 Å². The predicted molar refractivity (Wildman–Crippen MR) is 84.2 cm³/mol. The third-order valence-corrected chi connectivity index (χ3v) is 4.05. The molecule has 0 aliphatic carbocycles. The molecule has 1 aromatic heterocycles. The summed E-state index contributed by atoms with van der Waals surface area (Å²) in [5, 5.41) is 10.1. The first-order valence-corrected chi connectivity index (χ1v) is 7.57. The van der Waals surface area contributed by atoms with Gasteiger partial charge in [-0.15, -0.1) is 0 Å². The van der Waals surface area contributed by atoms with Gasteiger partial charge in [-0.1, -0.05) is 34.1 Å². The number of hydrogen-bond donors (Lipinski definition) is 1. The number of hydrogen-bond acceptors (Lipinski definition) is 3. The van der Waals surface area contributed by atoms with Crippen LogP contribution in [0.5, 0.6) is 0 Å². The molecule has 0 saturated heterocycles. The first kappa shape index (κ1) is 16.1. The van der Waals surface area contributed by atoms with Crippen LogP contribution in [0.3, 0.4) is 0 Å². The van der Waals surface area contributed by atoms with E-state index in [0.29, 0.717) is 12.1 Å². The highest BCUT2D eigenvalue weighted by molar-refractivity contribution is 9.10. The molecule has 1 heterocycles. The van der Waals surface area contributed by atoms with Crippen LogP contribution in [-0.4, -0.2) is 28.6 Å². The molecule has 112 valence electrons. The SMILES string of the molecule is CN(CCC(O)c1ccc(F)cn1)Cc1ccccc1Br. The predicted octanol–water partition coefficient (Wildman–Crippen LogP) is 3.54. The van der Waals surface area contributed by atoms with Gasteiger partial charge < -0.3 is 10.0 Å². The standard InChI is InChI=1S/C16H18BrFN2O/c1-20(11-12-4-2-3-5-14(12)17)9-8-16(21)15-7-6-13(18)10-19-15/h2-7,10,16,21H,8-9,11H2,1H3. The van der Waals surface area contributed by atoms with Crippen LogP contribution in [-0.2, 0) is 6.54 Å². The molecule has 5 heteroatoms. The summed E-state index contributed by atoms with van der Waals surface area (Å²) >= 11 is 3.53. The Morgan fingerprint density at radius 1 is 1.29 bits per heavy atom. The first-order valence-electron chi connectivity index (χ1n) is 6.77. The fourth-order valence-electron chi connectivity index (χ4n) is 2.07. The molecule has 0 amide bonds.